The molecule has 1 spiro atoms. The number of rotatable bonds is 2. The van der Waals surface area contributed by atoms with Gasteiger partial charge < -0.3 is 20.5 Å². The predicted octanol–water partition coefficient (Wildman–Crippen LogP) is 4.14. The summed E-state index contributed by atoms with van der Waals surface area (Å²) in [4.78, 5) is 12.3. The topological polar surface area (TPSA) is 73.6 Å². The van der Waals surface area contributed by atoms with Crippen molar-refractivity contribution in [1.82, 2.24) is 0 Å². The van der Waals surface area contributed by atoms with Gasteiger partial charge in [0.1, 0.15) is 11.4 Å². The molecule has 0 bridgehead atoms. The van der Waals surface area contributed by atoms with E-state index >= 15 is 0 Å². The van der Waals surface area contributed by atoms with Crippen molar-refractivity contribution in [2.45, 2.75) is 31.3 Å². The summed E-state index contributed by atoms with van der Waals surface area (Å²) in [6.45, 7) is 1.04. The zero-order valence-electron chi connectivity index (χ0n) is 14.6. The molecule has 2 aromatic carbocycles. The van der Waals surface area contributed by atoms with Gasteiger partial charge in [-0.1, -0.05) is 12.1 Å². The van der Waals surface area contributed by atoms with E-state index in [4.69, 9.17) is 15.2 Å². The van der Waals surface area contributed by atoms with Crippen molar-refractivity contribution in [3.05, 3.63) is 42.0 Å². The Morgan fingerprint density at radius 2 is 1.89 bits per heavy atom. The lowest BCUT2D eigenvalue weighted by Gasteiger charge is -2.35. The number of carbonyl (C=O) groups is 1. The van der Waals surface area contributed by atoms with E-state index < -0.39 is 12.0 Å². The summed E-state index contributed by atoms with van der Waals surface area (Å²) in [7, 11) is 0. The van der Waals surface area contributed by atoms with Crippen molar-refractivity contribution in [2.75, 3.05) is 24.3 Å². The predicted molar refractivity (Wildman–Crippen MR) is 97.9 cm³/mol. The van der Waals surface area contributed by atoms with Crippen LogP contribution in [0.4, 0.5) is 20.2 Å². The molecule has 2 aliphatic heterocycles. The average Bonchev–Trinajstić information content (AvgIpc) is 2.76. The number of hydrogen-bond donors (Lipinski definition) is 2. The summed E-state index contributed by atoms with van der Waals surface area (Å²) in [6, 6.07) is 9.39. The van der Waals surface area contributed by atoms with Crippen LogP contribution in [-0.2, 0) is 9.53 Å². The van der Waals surface area contributed by atoms with E-state index in [1.54, 1.807) is 18.2 Å². The molecule has 5 nitrogen and oxygen atoms in total. The number of anilines is 2. The van der Waals surface area contributed by atoms with Gasteiger partial charge in [-0.3, -0.25) is 4.79 Å². The van der Waals surface area contributed by atoms with Crippen LogP contribution in [0.3, 0.4) is 0 Å². The van der Waals surface area contributed by atoms with Crippen LogP contribution >= 0.6 is 0 Å². The molecule has 2 aliphatic rings. The molecule has 7 heteroatoms. The summed E-state index contributed by atoms with van der Waals surface area (Å²) in [6.07, 6.45) is -1.18. The van der Waals surface area contributed by atoms with Gasteiger partial charge in [-0.25, -0.2) is 8.78 Å². The van der Waals surface area contributed by atoms with Crippen molar-refractivity contribution in [3.8, 4) is 16.9 Å². The monoisotopic (exact) mass is 374 g/mol. The highest BCUT2D eigenvalue weighted by Gasteiger charge is 2.40. The molecule has 2 heterocycles. The first-order chi connectivity index (χ1) is 13.0. The number of carbonyl (C=O) groups excluding carboxylic acids is 1. The highest BCUT2D eigenvalue weighted by atomic mass is 19.3. The lowest BCUT2D eigenvalue weighted by atomic mass is 9.90. The van der Waals surface area contributed by atoms with Gasteiger partial charge in [0.05, 0.1) is 25.3 Å². The maximum absolute atomic E-state index is 13.4. The second-order valence-corrected chi connectivity index (χ2v) is 6.98. The summed E-state index contributed by atoms with van der Waals surface area (Å²) >= 11 is 0. The van der Waals surface area contributed by atoms with E-state index in [0.717, 1.165) is 0 Å². The van der Waals surface area contributed by atoms with Gasteiger partial charge in [-0.15, -0.1) is 0 Å². The van der Waals surface area contributed by atoms with Crippen molar-refractivity contribution >= 4 is 17.3 Å². The van der Waals surface area contributed by atoms with Crippen molar-refractivity contribution in [2.24, 2.45) is 0 Å². The zero-order valence-corrected chi connectivity index (χ0v) is 14.6. The molecule has 0 radical (unpaired) electrons. The summed E-state index contributed by atoms with van der Waals surface area (Å²) in [5.74, 6) is 0.350. The third kappa shape index (κ3) is 3.47. The fraction of sp³-hybridized carbons (Fsp3) is 0.350. The molecule has 0 saturated carbocycles. The number of alkyl halides is 2. The van der Waals surface area contributed by atoms with Gasteiger partial charge >= 0.3 is 0 Å². The number of ether oxygens (including phenoxy) is 2. The van der Waals surface area contributed by atoms with Gasteiger partial charge in [0.15, 0.2) is 0 Å². The minimum absolute atomic E-state index is 0.0948. The molecule has 142 valence electrons. The van der Waals surface area contributed by atoms with Crippen LogP contribution < -0.4 is 15.8 Å². The molecular weight excluding hydrogens is 354 g/mol. The smallest absolute Gasteiger partial charge is 0.264 e. The first-order valence-electron chi connectivity index (χ1n) is 8.84. The number of benzene rings is 2. The van der Waals surface area contributed by atoms with E-state index in [1.807, 2.05) is 0 Å². The number of nitrogens with two attached hydrogens (primary N) is 1. The second-order valence-electron chi connectivity index (χ2n) is 6.98. The third-order valence-electron chi connectivity index (χ3n) is 5.09. The Labute approximate surface area is 155 Å². The highest BCUT2D eigenvalue weighted by molar-refractivity contribution is 5.94. The van der Waals surface area contributed by atoms with E-state index in [0.29, 0.717) is 54.3 Å². The van der Waals surface area contributed by atoms with Gasteiger partial charge in [0, 0.05) is 24.1 Å². The van der Waals surface area contributed by atoms with E-state index in [9.17, 15) is 13.6 Å². The average molecular weight is 374 g/mol. The summed E-state index contributed by atoms with van der Waals surface area (Å²) in [5.41, 5.74) is 6.94. The van der Waals surface area contributed by atoms with Crippen molar-refractivity contribution in [1.29, 1.82) is 0 Å². The molecule has 27 heavy (non-hydrogen) atoms. The minimum Gasteiger partial charge on any atom is -0.484 e. The number of hydrogen-bond acceptors (Lipinski definition) is 4. The van der Waals surface area contributed by atoms with Crippen LogP contribution in [0.15, 0.2) is 36.4 Å². The molecule has 0 unspecified atom stereocenters. The highest BCUT2D eigenvalue weighted by Crippen LogP contribution is 2.41. The fourth-order valence-corrected chi connectivity index (χ4v) is 3.67. The summed E-state index contributed by atoms with van der Waals surface area (Å²) < 4.78 is 38.6. The van der Waals surface area contributed by atoms with Gasteiger partial charge in [0.25, 0.3) is 6.43 Å². The number of nitrogens with one attached hydrogen (secondary N) is 1. The SMILES string of the molecule is Nc1ccc(C(F)F)c(-c2ccc3c(c2)OC2(CCOCC2)CC(=O)N3)c1. The van der Waals surface area contributed by atoms with Crippen molar-refractivity contribution in [3.63, 3.8) is 0 Å². The van der Waals surface area contributed by atoms with Gasteiger partial charge in [0.2, 0.25) is 5.91 Å². The Morgan fingerprint density at radius 3 is 2.63 bits per heavy atom. The largest absolute Gasteiger partial charge is 0.484 e. The molecule has 1 fully saturated rings. The van der Waals surface area contributed by atoms with Crippen LogP contribution in [-0.4, -0.2) is 24.7 Å². The Hall–Kier alpha value is -2.67. The molecule has 1 saturated heterocycles. The van der Waals surface area contributed by atoms with Crippen LogP contribution in [0.5, 0.6) is 5.75 Å². The van der Waals surface area contributed by atoms with Crippen molar-refractivity contribution < 1.29 is 23.0 Å². The first kappa shape index (κ1) is 17.7. The van der Waals surface area contributed by atoms with Crippen LogP contribution in [0, 0.1) is 0 Å². The lowest BCUT2D eigenvalue weighted by Crippen LogP contribution is -2.43. The van der Waals surface area contributed by atoms with Crippen LogP contribution in [0.25, 0.3) is 11.1 Å². The molecule has 0 atom stereocenters. The molecule has 2 aromatic rings. The van der Waals surface area contributed by atoms with Gasteiger partial charge in [-0.05, 0) is 35.4 Å². The molecule has 0 aromatic heterocycles. The standard InChI is InChI=1S/C20H20F2N2O3/c21-19(22)14-3-2-13(23)10-15(14)12-1-4-16-17(9-12)27-20(11-18(25)24-16)5-7-26-8-6-20/h1-4,9-10,19H,5-8,11,23H2,(H,24,25). The zero-order chi connectivity index (χ0) is 19.0. The van der Waals surface area contributed by atoms with Crippen LogP contribution in [0.1, 0.15) is 31.3 Å². The molecule has 4 rings (SSSR count). The van der Waals surface area contributed by atoms with E-state index in [-0.39, 0.29) is 17.9 Å². The lowest BCUT2D eigenvalue weighted by molar-refractivity contribution is -0.122. The fourth-order valence-electron chi connectivity index (χ4n) is 3.67. The normalized spacial score (nSPS) is 18.6. The quantitative estimate of drug-likeness (QED) is 0.775. The molecule has 0 aliphatic carbocycles. The maximum Gasteiger partial charge on any atom is 0.264 e. The third-order valence-corrected chi connectivity index (χ3v) is 5.09. The molecular formula is C20H20F2N2O3. The number of fused-ring (bicyclic) bond motifs is 1. The Balaban J connectivity index is 1.78. The summed E-state index contributed by atoms with van der Waals surface area (Å²) in [5, 5.41) is 2.84. The second kappa shape index (κ2) is 6.81. The molecule has 3 N–H and O–H groups in total. The molecule has 1 amide bonds. The Bertz CT molecular complexity index is 880. The minimum atomic E-state index is -2.62. The first-order valence-corrected chi connectivity index (χ1v) is 8.84. The van der Waals surface area contributed by atoms with E-state index in [2.05, 4.69) is 5.32 Å². The number of nitrogen functional groups attached to an aromatic ring is 1. The maximum atomic E-state index is 13.4. The number of amides is 1. The number of halogens is 2. The Kier molecular flexibility index (Phi) is 4.47. The van der Waals surface area contributed by atoms with E-state index in [1.165, 1.54) is 18.2 Å². The van der Waals surface area contributed by atoms with Gasteiger partial charge in [-0.2, -0.15) is 0 Å². The Morgan fingerprint density at radius 1 is 1.11 bits per heavy atom. The van der Waals surface area contributed by atoms with Crippen LogP contribution in [0.2, 0.25) is 0 Å².